The molecule has 1 aromatic rings. The van der Waals surface area contributed by atoms with Gasteiger partial charge in [0.2, 0.25) is 0 Å². The van der Waals surface area contributed by atoms with Crippen LogP contribution >= 0.6 is 15.9 Å². The zero-order chi connectivity index (χ0) is 13.7. The monoisotopic (exact) mass is 316 g/mol. The first-order valence-electron chi connectivity index (χ1n) is 6.50. The van der Waals surface area contributed by atoms with E-state index >= 15 is 0 Å². The lowest BCUT2D eigenvalue weighted by Crippen LogP contribution is -2.32. The molecule has 0 atom stereocenters. The number of hydrogen-bond donors (Lipinski definition) is 0. The van der Waals surface area contributed by atoms with Crippen LogP contribution in [-0.2, 0) is 13.6 Å². The molecule has 18 heavy (non-hydrogen) atoms. The number of halogens is 1. The highest BCUT2D eigenvalue weighted by molar-refractivity contribution is 9.10. The molecule has 1 rings (SSSR count). The summed E-state index contributed by atoms with van der Waals surface area (Å²) in [5, 5.41) is 4.45. The minimum Gasteiger partial charge on any atom is -0.308 e. The highest BCUT2D eigenvalue weighted by Crippen LogP contribution is 2.21. The molecule has 0 radical (unpaired) electrons. The van der Waals surface area contributed by atoms with Gasteiger partial charge in [-0.3, -0.25) is 9.58 Å². The third-order valence-corrected chi connectivity index (χ3v) is 4.07. The van der Waals surface area contributed by atoms with Gasteiger partial charge < -0.3 is 4.90 Å². The summed E-state index contributed by atoms with van der Waals surface area (Å²) in [5.74, 6) is 0. The van der Waals surface area contributed by atoms with Crippen molar-refractivity contribution in [2.45, 2.75) is 26.8 Å². The maximum Gasteiger partial charge on any atom is 0.0739 e. The minimum absolute atomic E-state index is 0.958. The molecule has 0 saturated heterocycles. The Kier molecular flexibility index (Phi) is 6.32. The zero-order valence-electron chi connectivity index (χ0n) is 12.2. The molecule has 5 heteroatoms. The van der Waals surface area contributed by atoms with E-state index < -0.39 is 0 Å². The van der Waals surface area contributed by atoms with Crippen LogP contribution in [0, 0.1) is 6.92 Å². The Bertz CT molecular complexity index is 373. The van der Waals surface area contributed by atoms with E-state index in [0.717, 1.165) is 36.3 Å². The van der Waals surface area contributed by atoms with Crippen LogP contribution < -0.4 is 0 Å². The summed E-state index contributed by atoms with van der Waals surface area (Å²) in [5.41, 5.74) is 2.33. The van der Waals surface area contributed by atoms with Gasteiger partial charge >= 0.3 is 0 Å². The highest BCUT2D eigenvalue weighted by Gasteiger charge is 2.14. The van der Waals surface area contributed by atoms with Crippen LogP contribution in [0.15, 0.2) is 4.47 Å². The Morgan fingerprint density at radius 1 is 1.22 bits per heavy atom. The van der Waals surface area contributed by atoms with Crippen molar-refractivity contribution in [3.05, 3.63) is 15.9 Å². The molecule has 1 aromatic heterocycles. The molecule has 0 unspecified atom stereocenters. The Labute approximate surface area is 119 Å². The molecule has 0 N–H and O–H groups in total. The Morgan fingerprint density at radius 2 is 1.89 bits per heavy atom. The third kappa shape index (κ3) is 4.37. The largest absolute Gasteiger partial charge is 0.308 e. The van der Waals surface area contributed by atoms with Crippen molar-refractivity contribution in [2.24, 2.45) is 7.05 Å². The van der Waals surface area contributed by atoms with Crippen molar-refractivity contribution in [2.75, 3.05) is 33.7 Å². The van der Waals surface area contributed by atoms with E-state index in [4.69, 9.17) is 0 Å². The van der Waals surface area contributed by atoms with Gasteiger partial charge in [-0.05, 0) is 49.9 Å². The Balaban J connectivity index is 2.70. The second-order valence-electron chi connectivity index (χ2n) is 5.05. The quantitative estimate of drug-likeness (QED) is 0.771. The number of aromatic nitrogens is 2. The lowest BCUT2D eigenvalue weighted by molar-refractivity contribution is 0.229. The molecule has 0 aromatic carbocycles. The molecule has 104 valence electrons. The first-order chi connectivity index (χ1) is 8.45. The lowest BCUT2D eigenvalue weighted by atomic mass is 10.3. The molecule has 0 amide bonds. The Morgan fingerprint density at radius 3 is 2.33 bits per heavy atom. The summed E-state index contributed by atoms with van der Waals surface area (Å²) in [6, 6.07) is 0. The van der Waals surface area contributed by atoms with Gasteiger partial charge in [-0.25, -0.2) is 0 Å². The van der Waals surface area contributed by atoms with E-state index in [1.807, 2.05) is 18.7 Å². The molecule has 0 aliphatic heterocycles. The zero-order valence-corrected chi connectivity index (χ0v) is 13.8. The third-order valence-electron chi connectivity index (χ3n) is 3.04. The fraction of sp³-hybridized carbons (Fsp3) is 0.769. The average molecular weight is 317 g/mol. The number of likely N-dealkylation sites (N-methyl/N-ethyl adjacent to an activating group) is 1. The van der Waals surface area contributed by atoms with Crippen LogP contribution in [0.2, 0.25) is 0 Å². The normalized spacial score (nSPS) is 11.8. The second kappa shape index (κ2) is 7.26. The van der Waals surface area contributed by atoms with Crippen molar-refractivity contribution in [3.63, 3.8) is 0 Å². The van der Waals surface area contributed by atoms with Crippen LogP contribution in [0.25, 0.3) is 0 Å². The smallest absolute Gasteiger partial charge is 0.0739 e. The van der Waals surface area contributed by atoms with E-state index in [9.17, 15) is 0 Å². The van der Waals surface area contributed by atoms with Gasteiger partial charge in [-0.15, -0.1) is 0 Å². The van der Waals surface area contributed by atoms with Crippen LogP contribution in [0.3, 0.4) is 0 Å². The summed E-state index contributed by atoms with van der Waals surface area (Å²) in [6.07, 6.45) is 1.18. The van der Waals surface area contributed by atoms with Gasteiger partial charge in [-0.2, -0.15) is 5.10 Å². The lowest BCUT2D eigenvalue weighted by Gasteiger charge is -2.23. The maximum atomic E-state index is 4.45. The standard InChI is InChI=1S/C13H25BrN4/c1-6-7-18(9-8-16(3)4)10-12-13(14)11(2)15-17(12)5/h6-10H2,1-5H3. The molecular weight excluding hydrogens is 292 g/mol. The molecule has 0 saturated carbocycles. The molecule has 0 bridgehead atoms. The predicted molar refractivity (Wildman–Crippen MR) is 79.8 cm³/mol. The van der Waals surface area contributed by atoms with E-state index in [1.165, 1.54) is 12.1 Å². The van der Waals surface area contributed by atoms with Crippen molar-refractivity contribution in [1.29, 1.82) is 0 Å². The van der Waals surface area contributed by atoms with Crippen molar-refractivity contribution in [3.8, 4) is 0 Å². The van der Waals surface area contributed by atoms with E-state index in [2.05, 4.69) is 51.8 Å². The summed E-state index contributed by atoms with van der Waals surface area (Å²) in [4.78, 5) is 4.72. The number of rotatable bonds is 7. The Hall–Kier alpha value is -0.390. The summed E-state index contributed by atoms with van der Waals surface area (Å²) < 4.78 is 3.13. The molecule has 1 heterocycles. The first-order valence-corrected chi connectivity index (χ1v) is 7.30. The van der Waals surface area contributed by atoms with E-state index in [0.29, 0.717) is 0 Å². The van der Waals surface area contributed by atoms with Gasteiger partial charge in [-0.1, -0.05) is 6.92 Å². The predicted octanol–water partition coefficient (Wildman–Crippen LogP) is 2.26. The summed E-state index contributed by atoms with van der Waals surface area (Å²) >= 11 is 3.64. The minimum atomic E-state index is 0.958. The van der Waals surface area contributed by atoms with Crippen LogP contribution in [0.4, 0.5) is 0 Å². The van der Waals surface area contributed by atoms with Crippen molar-refractivity contribution in [1.82, 2.24) is 19.6 Å². The summed E-state index contributed by atoms with van der Waals surface area (Å²) in [7, 11) is 6.26. The van der Waals surface area contributed by atoms with E-state index in [1.54, 1.807) is 0 Å². The molecule has 0 aliphatic rings. The van der Waals surface area contributed by atoms with Gasteiger partial charge in [0.1, 0.15) is 0 Å². The van der Waals surface area contributed by atoms with Crippen LogP contribution in [-0.4, -0.2) is 53.3 Å². The van der Waals surface area contributed by atoms with Crippen molar-refractivity contribution < 1.29 is 0 Å². The summed E-state index contributed by atoms with van der Waals surface area (Å²) in [6.45, 7) is 8.54. The number of hydrogen-bond acceptors (Lipinski definition) is 3. The molecular formula is C13H25BrN4. The SMILES string of the molecule is CCCN(CCN(C)C)Cc1c(Br)c(C)nn1C. The van der Waals surface area contributed by atoms with Gasteiger partial charge in [0.05, 0.1) is 15.9 Å². The van der Waals surface area contributed by atoms with E-state index in [-0.39, 0.29) is 0 Å². The molecule has 4 nitrogen and oxygen atoms in total. The number of aryl methyl sites for hydroxylation is 2. The fourth-order valence-electron chi connectivity index (χ4n) is 1.99. The van der Waals surface area contributed by atoms with Gasteiger partial charge in [0.25, 0.3) is 0 Å². The fourth-order valence-corrected chi connectivity index (χ4v) is 2.45. The number of nitrogens with zero attached hydrogens (tertiary/aromatic N) is 4. The molecule has 0 aliphatic carbocycles. The van der Waals surface area contributed by atoms with Crippen LogP contribution in [0.5, 0.6) is 0 Å². The second-order valence-corrected chi connectivity index (χ2v) is 5.84. The van der Waals surface area contributed by atoms with Gasteiger partial charge in [0, 0.05) is 26.7 Å². The molecule has 0 fully saturated rings. The van der Waals surface area contributed by atoms with Crippen molar-refractivity contribution >= 4 is 15.9 Å². The van der Waals surface area contributed by atoms with Crippen LogP contribution in [0.1, 0.15) is 24.7 Å². The topological polar surface area (TPSA) is 24.3 Å². The molecule has 0 spiro atoms. The maximum absolute atomic E-state index is 4.45. The van der Waals surface area contributed by atoms with Gasteiger partial charge in [0.15, 0.2) is 0 Å². The first kappa shape index (κ1) is 15.7. The highest BCUT2D eigenvalue weighted by atomic mass is 79.9. The average Bonchev–Trinajstić information content (AvgIpc) is 2.53.